The first-order valence-corrected chi connectivity index (χ1v) is 4.06. The Kier molecular flexibility index (Phi) is 1.85. The first-order valence-electron chi connectivity index (χ1n) is 4.06. The highest BCUT2D eigenvalue weighted by Crippen LogP contribution is 2.25. The molecule has 5 nitrogen and oxygen atoms in total. The Morgan fingerprint density at radius 3 is 2.86 bits per heavy atom. The van der Waals surface area contributed by atoms with Gasteiger partial charge in [0.1, 0.15) is 0 Å². The highest BCUT2D eigenvalue weighted by Gasteiger charge is 2.13. The fourth-order valence-corrected chi connectivity index (χ4v) is 1.30. The van der Waals surface area contributed by atoms with Gasteiger partial charge in [-0.05, 0) is 17.7 Å². The molecule has 1 heterocycles. The van der Waals surface area contributed by atoms with E-state index in [1.807, 2.05) is 0 Å². The van der Waals surface area contributed by atoms with Crippen molar-refractivity contribution in [3.63, 3.8) is 0 Å². The third kappa shape index (κ3) is 1.39. The van der Waals surface area contributed by atoms with Crippen LogP contribution in [0.5, 0.6) is 0 Å². The SMILES string of the molecule is O=C1CNc2cc(C(=O)[O-])ccc2N1. The average Bonchev–Trinajstić information content (AvgIpc) is 2.16. The molecular formula is C9H7N2O3-. The minimum Gasteiger partial charge on any atom is -0.545 e. The number of rotatable bonds is 1. The second-order valence-electron chi connectivity index (χ2n) is 2.95. The Bertz CT molecular complexity index is 415. The smallest absolute Gasteiger partial charge is 0.243 e. The van der Waals surface area contributed by atoms with Crippen LogP contribution < -0.4 is 15.7 Å². The van der Waals surface area contributed by atoms with Crippen molar-refractivity contribution in [2.75, 3.05) is 17.2 Å². The lowest BCUT2D eigenvalue weighted by Gasteiger charge is -2.19. The molecule has 1 amide bonds. The predicted molar refractivity (Wildman–Crippen MR) is 47.9 cm³/mol. The molecule has 1 aliphatic rings. The molecule has 0 aromatic heterocycles. The Hall–Kier alpha value is -2.04. The van der Waals surface area contributed by atoms with Crippen LogP contribution in [0.25, 0.3) is 0 Å². The number of carboxylic acid groups (broad SMARTS) is 1. The van der Waals surface area contributed by atoms with Gasteiger partial charge in [-0.1, -0.05) is 6.07 Å². The Balaban J connectivity index is 2.41. The number of carbonyl (C=O) groups is 2. The van der Waals surface area contributed by atoms with Crippen LogP contribution in [0.15, 0.2) is 18.2 Å². The first kappa shape index (κ1) is 8.55. The molecular weight excluding hydrogens is 184 g/mol. The lowest BCUT2D eigenvalue weighted by molar-refractivity contribution is -0.255. The molecule has 2 rings (SSSR count). The first-order chi connectivity index (χ1) is 6.66. The van der Waals surface area contributed by atoms with Crippen molar-refractivity contribution < 1.29 is 14.7 Å². The lowest BCUT2D eigenvalue weighted by Crippen LogP contribution is -2.28. The van der Waals surface area contributed by atoms with Crippen LogP contribution in [-0.2, 0) is 4.79 Å². The zero-order valence-corrected chi connectivity index (χ0v) is 7.16. The molecule has 0 fully saturated rings. The van der Waals surface area contributed by atoms with Gasteiger partial charge in [-0.2, -0.15) is 0 Å². The molecule has 0 atom stereocenters. The number of hydrogen-bond acceptors (Lipinski definition) is 4. The molecule has 0 saturated carbocycles. The number of nitrogens with one attached hydrogen (secondary N) is 2. The normalized spacial score (nSPS) is 13.9. The quantitative estimate of drug-likeness (QED) is 0.622. The fraction of sp³-hybridized carbons (Fsp3) is 0.111. The summed E-state index contributed by atoms with van der Waals surface area (Å²) in [6.45, 7) is 0.156. The predicted octanol–water partition coefficient (Wildman–Crippen LogP) is -0.586. The zero-order chi connectivity index (χ0) is 10.1. The van der Waals surface area contributed by atoms with Crippen LogP contribution in [-0.4, -0.2) is 18.4 Å². The van der Waals surface area contributed by atoms with Crippen molar-refractivity contribution in [1.82, 2.24) is 0 Å². The summed E-state index contributed by atoms with van der Waals surface area (Å²) in [6.07, 6.45) is 0. The van der Waals surface area contributed by atoms with Gasteiger partial charge in [0.2, 0.25) is 5.91 Å². The van der Waals surface area contributed by atoms with Gasteiger partial charge in [0.25, 0.3) is 0 Å². The zero-order valence-electron chi connectivity index (χ0n) is 7.16. The molecule has 0 spiro atoms. The Morgan fingerprint density at radius 2 is 2.14 bits per heavy atom. The molecule has 1 aliphatic heterocycles. The highest BCUT2D eigenvalue weighted by atomic mass is 16.4. The molecule has 1 aromatic carbocycles. The van der Waals surface area contributed by atoms with E-state index >= 15 is 0 Å². The summed E-state index contributed by atoms with van der Waals surface area (Å²) in [5, 5.41) is 15.9. The molecule has 14 heavy (non-hydrogen) atoms. The van der Waals surface area contributed by atoms with Gasteiger partial charge in [0, 0.05) is 0 Å². The van der Waals surface area contributed by atoms with E-state index in [2.05, 4.69) is 10.6 Å². The third-order valence-corrected chi connectivity index (χ3v) is 1.97. The van der Waals surface area contributed by atoms with Crippen LogP contribution in [0.1, 0.15) is 10.4 Å². The number of carbonyl (C=O) groups excluding carboxylic acids is 2. The number of amides is 1. The molecule has 5 heteroatoms. The summed E-state index contributed by atoms with van der Waals surface area (Å²) in [7, 11) is 0. The van der Waals surface area contributed by atoms with Gasteiger partial charge in [0.05, 0.1) is 23.9 Å². The van der Waals surface area contributed by atoms with Crippen molar-refractivity contribution in [2.24, 2.45) is 0 Å². The topological polar surface area (TPSA) is 81.3 Å². The van der Waals surface area contributed by atoms with E-state index in [1.54, 1.807) is 0 Å². The summed E-state index contributed by atoms with van der Waals surface area (Å²) < 4.78 is 0. The minimum absolute atomic E-state index is 0.0902. The maximum absolute atomic E-state index is 10.9. The number of hydrogen-bond donors (Lipinski definition) is 2. The summed E-state index contributed by atoms with van der Waals surface area (Å²) in [5.74, 6) is -1.37. The van der Waals surface area contributed by atoms with Crippen LogP contribution in [0.3, 0.4) is 0 Å². The van der Waals surface area contributed by atoms with E-state index in [0.717, 1.165) is 0 Å². The van der Waals surface area contributed by atoms with Crippen molar-refractivity contribution in [1.29, 1.82) is 0 Å². The molecule has 0 radical (unpaired) electrons. The van der Waals surface area contributed by atoms with Crippen LogP contribution >= 0.6 is 0 Å². The summed E-state index contributed by atoms with van der Waals surface area (Å²) in [6, 6.07) is 4.36. The fourth-order valence-electron chi connectivity index (χ4n) is 1.30. The summed E-state index contributed by atoms with van der Waals surface area (Å²) in [5.41, 5.74) is 1.28. The molecule has 0 aliphatic carbocycles. The second kappa shape index (κ2) is 3.02. The van der Waals surface area contributed by atoms with E-state index in [9.17, 15) is 14.7 Å². The Morgan fingerprint density at radius 1 is 1.36 bits per heavy atom. The number of carboxylic acids is 1. The average molecular weight is 191 g/mol. The maximum atomic E-state index is 10.9. The van der Waals surface area contributed by atoms with Crippen molar-refractivity contribution in [3.8, 4) is 0 Å². The minimum atomic E-state index is -1.23. The standard InChI is InChI=1S/C9H8N2O3/c12-8-4-10-7-3-5(9(13)14)1-2-6(7)11-8/h1-3,10H,4H2,(H,11,12)(H,13,14)/p-1. The van der Waals surface area contributed by atoms with E-state index < -0.39 is 5.97 Å². The highest BCUT2D eigenvalue weighted by molar-refractivity contribution is 6.01. The summed E-state index contributed by atoms with van der Waals surface area (Å²) in [4.78, 5) is 21.5. The van der Waals surface area contributed by atoms with Crippen LogP contribution in [0.2, 0.25) is 0 Å². The van der Waals surface area contributed by atoms with Crippen LogP contribution in [0, 0.1) is 0 Å². The van der Waals surface area contributed by atoms with E-state index in [-0.39, 0.29) is 18.0 Å². The van der Waals surface area contributed by atoms with Crippen molar-refractivity contribution in [2.45, 2.75) is 0 Å². The van der Waals surface area contributed by atoms with Gasteiger partial charge >= 0.3 is 0 Å². The van der Waals surface area contributed by atoms with Gasteiger partial charge in [-0.25, -0.2) is 0 Å². The maximum Gasteiger partial charge on any atom is 0.243 e. The second-order valence-corrected chi connectivity index (χ2v) is 2.95. The number of fused-ring (bicyclic) bond motifs is 1. The number of anilines is 2. The molecule has 72 valence electrons. The lowest BCUT2D eigenvalue weighted by atomic mass is 10.1. The Labute approximate surface area is 79.7 Å². The largest absolute Gasteiger partial charge is 0.545 e. The molecule has 0 saturated heterocycles. The molecule has 1 aromatic rings. The molecule has 0 unspecified atom stereocenters. The van der Waals surface area contributed by atoms with E-state index in [4.69, 9.17) is 0 Å². The van der Waals surface area contributed by atoms with Crippen molar-refractivity contribution >= 4 is 23.3 Å². The van der Waals surface area contributed by atoms with Crippen LogP contribution in [0.4, 0.5) is 11.4 Å². The van der Waals surface area contributed by atoms with Gasteiger partial charge in [-0.3, -0.25) is 4.79 Å². The molecule has 0 bridgehead atoms. The van der Waals surface area contributed by atoms with E-state index in [0.29, 0.717) is 11.4 Å². The van der Waals surface area contributed by atoms with Crippen molar-refractivity contribution in [3.05, 3.63) is 23.8 Å². The number of benzene rings is 1. The monoisotopic (exact) mass is 191 g/mol. The number of aromatic carboxylic acids is 1. The third-order valence-electron chi connectivity index (χ3n) is 1.97. The molecule has 2 N–H and O–H groups in total. The van der Waals surface area contributed by atoms with Gasteiger partial charge in [0.15, 0.2) is 0 Å². The van der Waals surface area contributed by atoms with Gasteiger partial charge < -0.3 is 20.5 Å². The summed E-state index contributed by atoms with van der Waals surface area (Å²) >= 11 is 0. The van der Waals surface area contributed by atoms with Gasteiger partial charge in [-0.15, -0.1) is 0 Å². The van der Waals surface area contributed by atoms with E-state index in [1.165, 1.54) is 18.2 Å².